The molecule has 4 heterocycles. The Morgan fingerprint density at radius 3 is 2.69 bits per heavy atom. The molecule has 1 saturated carbocycles. The number of piperidine rings is 1. The van der Waals surface area contributed by atoms with Crippen molar-refractivity contribution in [3.05, 3.63) is 57.7 Å². The molecule has 2 N–H and O–H groups in total. The van der Waals surface area contributed by atoms with Gasteiger partial charge in [-0.15, -0.1) is 0 Å². The molecule has 36 heavy (non-hydrogen) atoms. The zero-order chi connectivity index (χ0) is 25.1. The number of amides is 1. The molecule has 3 aliphatic rings. The molecule has 2 aromatic heterocycles. The Morgan fingerprint density at radius 2 is 1.94 bits per heavy atom. The number of anilines is 1. The molecule has 0 unspecified atom stereocenters. The quantitative estimate of drug-likeness (QED) is 0.544. The number of carbonyl (C=O) groups is 1. The molecule has 0 bridgehead atoms. The molecule has 1 spiro atoms. The minimum Gasteiger partial charge on any atom is -0.491 e. The van der Waals surface area contributed by atoms with Crippen LogP contribution in [0.4, 0.5) is 5.69 Å². The van der Waals surface area contributed by atoms with Crippen LogP contribution < -0.4 is 15.7 Å². The van der Waals surface area contributed by atoms with E-state index in [-0.39, 0.29) is 17.6 Å². The van der Waals surface area contributed by atoms with E-state index in [4.69, 9.17) is 16.3 Å². The van der Waals surface area contributed by atoms with Crippen LogP contribution in [0.1, 0.15) is 44.2 Å². The summed E-state index contributed by atoms with van der Waals surface area (Å²) in [5.74, 6) is 0.679. The highest BCUT2D eigenvalue weighted by Crippen LogP contribution is 2.46. The van der Waals surface area contributed by atoms with Crippen molar-refractivity contribution in [1.29, 1.82) is 0 Å². The summed E-state index contributed by atoms with van der Waals surface area (Å²) < 4.78 is 7.55. The Bertz CT molecular complexity index is 1410. The standard InChI is InChI=1S/C26H28ClN5O4/c1-25(35)12-18(13-25)32-22-16(14-29-24(32)34)10-19(15-28-22)36-9-8-31-6-4-26(5-7-31)20-11-17(27)2-3-21(20)30-23(26)33/h2-3,10-11,14-15,18,35H,4-9,12-13H2,1H3,(H,30,33)/t18-,25+. The number of rotatable bonds is 5. The van der Waals surface area contributed by atoms with Crippen LogP contribution in [0.15, 0.2) is 41.5 Å². The Kier molecular flexibility index (Phi) is 5.55. The normalized spacial score (nSPS) is 25.0. The van der Waals surface area contributed by atoms with Gasteiger partial charge in [0.25, 0.3) is 0 Å². The Morgan fingerprint density at radius 1 is 1.17 bits per heavy atom. The van der Waals surface area contributed by atoms with Gasteiger partial charge in [0.2, 0.25) is 5.91 Å². The molecule has 188 valence electrons. The molecule has 2 fully saturated rings. The maximum Gasteiger partial charge on any atom is 0.349 e. The van der Waals surface area contributed by atoms with E-state index >= 15 is 0 Å². The third-order valence-corrected chi connectivity index (χ3v) is 8.14. The number of halogens is 1. The first kappa shape index (κ1) is 23.4. The van der Waals surface area contributed by atoms with E-state index in [1.807, 2.05) is 18.2 Å². The fraction of sp³-hybridized carbons (Fsp3) is 0.462. The highest BCUT2D eigenvalue weighted by atomic mass is 35.5. The summed E-state index contributed by atoms with van der Waals surface area (Å²) in [6, 6.07) is 7.35. The molecular weight excluding hydrogens is 482 g/mol. The number of nitrogens with zero attached hydrogens (tertiary/aromatic N) is 4. The number of likely N-dealkylation sites (tertiary alicyclic amines) is 1. The van der Waals surface area contributed by atoms with Gasteiger partial charge in [0.1, 0.15) is 18.0 Å². The number of ether oxygens (including phenoxy) is 1. The van der Waals surface area contributed by atoms with Gasteiger partial charge >= 0.3 is 5.69 Å². The second kappa shape index (κ2) is 8.54. The average molecular weight is 510 g/mol. The fourth-order valence-corrected chi connectivity index (χ4v) is 6.08. The van der Waals surface area contributed by atoms with Crippen LogP contribution in [-0.2, 0) is 10.2 Å². The molecule has 1 aromatic carbocycles. The van der Waals surface area contributed by atoms with Gasteiger partial charge in [-0.1, -0.05) is 11.6 Å². The van der Waals surface area contributed by atoms with Crippen LogP contribution in [0.5, 0.6) is 5.75 Å². The monoisotopic (exact) mass is 509 g/mol. The Hall–Kier alpha value is -3.01. The predicted octanol–water partition coefficient (Wildman–Crippen LogP) is 2.90. The molecule has 2 aliphatic heterocycles. The SMILES string of the molecule is C[C@]1(O)C[C@@H](n2c(=O)ncc3cc(OCCN4CCC5(CC4)C(=O)Nc4ccc(Cl)cc45)cnc32)C1. The van der Waals surface area contributed by atoms with Gasteiger partial charge in [0.15, 0.2) is 0 Å². The molecule has 1 aliphatic carbocycles. The van der Waals surface area contributed by atoms with E-state index in [1.54, 1.807) is 23.8 Å². The molecule has 9 nitrogen and oxygen atoms in total. The van der Waals surface area contributed by atoms with Gasteiger partial charge in [-0.3, -0.25) is 14.3 Å². The van der Waals surface area contributed by atoms with E-state index in [9.17, 15) is 14.7 Å². The molecule has 0 radical (unpaired) electrons. The summed E-state index contributed by atoms with van der Waals surface area (Å²) in [7, 11) is 0. The second-order valence-corrected chi connectivity index (χ2v) is 10.9. The summed E-state index contributed by atoms with van der Waals surface area (Å²) in [5.41, 5.74) is 0.827. The van der Waals surface area contributed by atoms with Crippen molar-refractivity contribution in [1.82, 2.24) is 19.4 Å². The third-order valence-electron chi connectivity index (χ3n) is 7.90. The third kappa shape index (κ3) is 3.95. The number of aromatic nitrogens is 3. The van der Waals surface area contributed by atoms with Crippen molar-refractivity contribution >= 4 is 34.2 Å². The maximum absolute atomic E-state index is 12.8. The molecular formula is C26H28ClN5O4. The van der Waals surface area contributed by atoms with Gasteiger partial charge in [-0.25, -0.2) is 14.8 Å². The van der Waals surface area contributed by atoms with Crippen molar-refractivity contribution in [2.45, 2.75) is 49.7 Å². The van der Waals surface area contributed by atoms with E-state index < -0.39 is 11.0 Å². The van der Waals surface area contributed by atoms with Crippen molar-refractivity contribution in [3.63, 3.8) is 0 Å². The topological polar surface area (TPSA) is 110 Å². The number of hydrogen-bond acceptors (Lipinski definition) is 7. The van der Waals surface area contributed by atoms with Crippen LogP contribution in [0.2, 0.25) is 5.02 Å². The lowest BCUT2D eigenvalue weighted by molar-refractivity contribution is -0.122. The second-order valence-electron chi connectivity index (χ2n) is 10.5. The minimum atomic E-state index is -0.749. The van der Waals surface area contributed by atoms with Crippen LogP contribution in [0.3, 0.4) is 0 Å². The lowest BCUT2D eigenvalue weighted by Crippen LogP contribution is -2.47. The van der Waals surface area contributed by atoms with Crippen LogP contribution >= 0.6 is 11.6 Å². The number of fused-ring (bicyclic) bond motifs is 3. The number of hydrogen-bond donors (Lipinski definition) is 2. The van der Waals surface area contributed by atoms with Crippen LogP contribution in [-0.4, -0.2) is 62.3 Å². The smallest absolute Gasteiger partial charge is 0.349 e. The van der Waals surface area contributed by atoms with Gasteiger partial charge < -0.3 is 15.2 Å². The zero-order valence-corrected chi connectivity index (χ0v) is 20.8. The predicted molar refractivity (Wildman–Crippen MR) is 136 cm³/mol. The summed E-state index contributed by atoms with van der Waals surface area (Å²) in [6.45, 7) is 4.56. The van der Waals surface area contributed by atoms with E-state index in [1.165, 1.54) is 6.20 Å². The summed E-state index contributed by atoms with van der Waals surface area (Å²) in [5, 5.41) is 14.5. The van der Waals surface area contributed by atoms with E-state index in [2.05, 4.69) is 20.2 Å². The zero-order valence-electron chi connectivity index (χ0n) is 20.0. The van der Waals surface area contributed by atoms with Gasteiger partial charge in [0, 0.05) is 34.9 Å². The van der Waals surface area contributed by atoms with Crippen LogP contribution in [0.25, 0.3) is 11.0 Å². The first-order chi connectivity index (χ1) is 17.2. The maximum atomic E-state index is 12.8. The number of benzene rings is 1. The largest absolute Gasteiger partial charge is 0.491 e. The highest BCUT2D eigenvalue weighted by Gasteiger charge is 2.48. The lowest BCUT2D eigenvalue weighted by atomic mass is 9.73. The number of carbonyl (C=O) groups excluding carboxylic acids is 1. The summed E-state index contributed by atoms with van der Waals surface area (Å²) in [6.07, 6.45) is 5.63. The van der Waals surface area contributed by atoms with Gasteiger partial charge in [-0.2, -0.15) is 0 Å². The number of pyridine rings is 1. The molecule has 0 atom stereocenters. The van der Waals surface area contributed by atoms with Gasteiger partial charge in [-0.05, 0) is 75.5 Å². The van der Waals surface area contributed by atoms with Crippen molar-refractivity contribution in [2.75, 3.05) is 31.6 Å². The molecule has 3 aromatic rings. The van der Waals surface area contributed by atoms with Crippen molar-refractivity contribution in [2.24, 2.45) is 0 Å². The number of aliphatic hydroxyl groups is 1. The Labute approximate surface area is 213 Å². The summed E-state index contributed by atoms with van der Waals surface area (Å²) >= 11 is 6.22. The first-order valence-corrected chi connectivity index (χ1v) is 12.7. The highest BCUT2D eigenvalue weighted by molar-refractivity contribution is 6.31. The van der Waals surface area contributed by atoms with Crippen molar-refractivity contribution < 1.29 is 14.6 Å². The van der Waals surface area contributed by atoms with E-state index in [0.29, 0.717) is 35.9 Å². The first-order valence-electron chi connectivity index (χ1n) is 12.3. The van der Waals surface area contributed by atoms with Crippen molar-refractivity contribution in [3.8, 4) is 5.75 Å². The molecule has 10 heteroatoms. The number of nitrogens with one attached hydrogen (secondary N) is 1. The fourth-order valence-electron chi connectivity index (χ4n) is 5.91. The lowest BCUT2D eigenvalue weighted by Gasteiger charge is -2.41. The van der Waals surface area contributed by atoms with E-state index in [0.717, 1.165) is 49.1 Å². The molecule has 6 rings (SSSR count). The minimum absolute atomic E-state index is 0.0653. The molecule has 1 saturated heterocycles. The van der Waals surface area contributed by atoms with Crippen LogP contribution in [0, 0.1) is 0 Å². The summed E-state index contributed by atoms with van der Waals surface area (Å²) in [4.78, 5) is 36.0. The molecule has 1 amide bonds. The average Bonchev–Trinajstić information content (AvgIpc) is 3.09. The van der Waals surface area contributed by atoms with Gasteiger partial charge in [0.05, 0.1) is 17.2 Å². The Balaban J connectivity index is 1.08.